The van der Waals surface area contributed by atoms with Crippen molar-refractivity contribution in [3.8, 4) is 17.0 Å². The van der Waals surface area contributed by atoms with Crippen LogP contribution in [0.25, 0.3) is 11.3 Å². The molecule has 1 aromatic carbocycles. The van der Waals surface area contributed by atoms with E-state index in [0.717, 1.165) is 42.3 Å². The van der Waals surface area contributed by atoms with Crippen molar-refractivity contribution in [3.63, 3.8) is 0 Å². The van der Waals surface area contributed by atoms with Gasteiger partial charge >= 0.3 is 0 Å². The van der Waals surface area contributed by atoms with E-state index in [1.54, 1.807) is 0 Å². The Morgan fingerprint density at radius 1 is 1.37 bits per heavy atom. The Bertz CT molecular complexity index is 544. The molecule has 0 saturated carbocycles. The fourth-order valence-electron chi connectivity index (χ4n) is 2.54. The third-order valence-electron chi connectivity index (χ3n) is 3.52. The molecule has 0 spiro atoms. The number of rotatable bonds is 4. The number of aromatic amines is 1. The molecule has 1 aromatic heterocycles. The van der Waals surface area contributed by atoms with Gasteiger partial charge in [-0.15, -0.1) is 0 Å². The molecule has 1 aliphatic heterocycles. The Hall–Kier alpha value is -1.81. The summed E-state index contributed by atoms with van der Waals surface area (Å²) >= 11 is 0. The maximum atomic E-state index is 5.67. The number of H-pyrrole nitrogens is 1. The average molecular weight is 257 g/mol. The Morgan fingerprint density at radius 3 is 3.05 bits per heavy atom. The number of ether oxygens (including phenoxy) is 1. The predicted octanol–water partition coefficient (Wildman–Crippen LogP) is 2.55. The number of nitrogens with zero attached hydrogens (tertiary/aromatic N) is 1. The van der Waals surface area contributed by atoms with E-state index in [4.69, 9.17) is 4.74 Å². The fraction of sp³-hybridized carbons (Fsp3) is 0.400. The van der Waals surface area contributed by atoms with E-state index < -0.39 is 0 Å². The van der Waals surface area contributed by atoms with Crippen LogP contribution in [0.2, 0.25) is 0 Å². The van der Waals surface area contributed by atoms with Gasteiger partial charge in [0, 0.05) is 18.0 Å². The van der Waals surface area contributed by atoms with Crippen LogP contribution in [0.15, 0.2) is 30.5 Å². The van der Waals surface area contributed by atoms with Gasteiger partial charge in [0.25, 0.3) is 0 Å². The molecule has 1 saturated heterocycles. The molecular formula is C15H19N3O. The average Bonchev–Trinajstić information content (AvgIpc) is 3.11. The molecule has 4 nitrogen and oxygen atoms in total. The molecule has 3 rings (SSSR count). The largest absolute Gasteiger partial charge is 0.493 e. The number of hydrogen-bond donors (Lipinski definition) is 2. The third kappa shape index (κ3) is 2.49. The Kier molecular flexibility index (Phi) is 3.51. The molecule has 0 bridgehead atoms. The van der Waals surface area contributed by atoms with E-state index in [9.17, 15) is 0 Å². The second-order valence-corrected chi connectivity index (χ2v) is 4.80. The van der Waals surface area contributed by atoms with Crippen molar-refractivity contribution in [2.45, 2.75) is 19.3 Å². The van der Waals surface area contributed by atoms with Crippen LogP contribution in [0.1, 0.15) is 25.1 Å². The van der Waals surface area contributed by atoms with Crippen molar-refractivity contribution in [1.82, 2.24) is 15.3 Å². The smallest absolute Gasteiger partial charge is 0.128 e. The Labute approximate surface area is 113 Å². The van der Waals surface area contributed by atoms with Crippen molar-refractivity contribution in [2.24, 2.45) is 0 Å². The molecule has 0 aliphatic carbocycles. The van der Waals surface area contributed by atoms with E-state index in [2.05, 4.69) is 21.4 Å². The van der Waals surface area contributed by atoms with Crippen LogP contribution >= 0.6 is 0 Å². The van der Waals surface area contributed by atoms with Gasteiger partial charge in [0.15, 0.2) is 0 Å². The van der Waals surface area contributed by atoms with Crippen molar-refractivity contribution in [1.29, 1.82) is 0 Å². The zero-order valence-corrected chi connectivity index (χ0v) is 11.1. The van der Waals surface area contributed by atoms with Crippen molar-refractivity contribution in [3.05, 3.63) is 36.3 Å². The second-order valence-electron chi connectivity index (χ2n) is 4.80. The molecule has 2 aromatic rings. The van der Waals surface area contributed by atoms with Gasteiger partial charge in [0.05, 0.1) is 18.5 Å². The highest BCUT2D eigenvalue weighted by molar-refractivity contribution is 5.66. The third-order valence-corrected chi connectivity index (χ3v) is 3.52. The van der Waals surface area contributed by atoms with Gasteiger partial charge in [-0.3, -0.25) is 0 Å². The van der Waals surface area contributed by atoms with Crippen LogP contribution < -0.4 is 10.1 Å². The van der Waals surface area contributed by atoms with Crippen LogP contribution in [0.3, 0.4) is 0 Å². The highest BCUT2D eigenvalue weighted by atomic mass is 16.5. The molecular weight excluding hydrogens is 238 g/mol. The number of para-hydroxylation sites is 1. The lowest BCUT2D eigenvalue weighted by Gasteiger charge is -2.08. The van der Waals surface area contributed by atoms with Gasteiger partial charge in [-0.2, -0.15) is 0 Å². The quantitative estimate of drug-likeness (QED) is 0.885. The minimum atomic E-state index is 0.507. The topological polar surface area (TPSA) is 49.9 Å². The van der Waals surface area contributed by atoms with Gasteiger partial charge in [-0.05, 0) is 32.0 Å². The molecule has 0 amide bonds. The van der Waals surface area contributed by atoms with E-state index in [0.29, 0.717) is 12.5 Å². The van der Waals surface area contributed by atoms with Gasteiger partial charge in [-0.25, -0.2) is 4.98 Å². The summed E-state index contributed by atoms with van der Waals surface area (Å²) in [4.78, 5) is 7.96. The Morgan fingerprint density at radius 2 is 2.26 bits per heavy atom. The lowest BCUT2D eigenvalue weighted by Crippen LogP contribution is -2.08. The minimum Gasteiger partial charge on any atom is -0.493 e. The number of benzene rings is 1. The summed E-state index contributed by atoms with van der Waals surface area (Å²) in [5.74, 6) is 2.49. The Balaban J connectivity index is 1.89. The summed E-state index contributed by atoms with van der Waals surface area (Å²) < 4.78 is 5.67. The standard InChI is InChI=1S/C15H19N3O/c1-2-19-14-6-4-3-5-12(14)13-10-17-15(18-13)11-7-8-16-9-11/h3-6,10-11,16H,2,7-9H2,1H3,(H,17,18). The SMILES string of the molecule is CCOc1ccccc1-c1cnc(C2CCNC2)[nH]1. The van der Waals surface area contributed by atoms with Crippen molar-refractivity contribution < 1.29 is 4.74 Å². The van der Waals surface area contributed by atoms with Gasteiger partial charge < -0.3 is 15.0 Å². The first kappa shape index (κ1) is 12.2. The molecule has 100 valence electrons. The summed E-state index contributed by atoms with van der Waals surface area (Å²) in [6, 6.07) is 8.08. The lowest BCUT2D eigenvalue weighted by molar-refractivity contribution is 0.341. The van der Waals surface area contributed by atoms with E-state index >= 15 is 0 Å². The van der Waals surface area contributed by atoms with Gasteiger partial charge in [-0.1, -0.05) is 12.1 Å². The molecule has 1 aliphatic rings. The summed E-state index contributed by atoms with van der Waals surface area (Å²) in [5.41, 5.74) is 2.11. The minimum absolute atomic E-state index is 0.507. The molecule has 4 heteroatoms. The normalized spacial score (nSPS) is 18.7. The van der Waals surface area contributed by atoms with Crippen LogP contribution in [0.5, 0.6) is 5.75 Å². The van der Waals surface area contributed by atoms with Crippen LogP contribution in [0.4, 0.5) is 0 Å². The summed E-state index contributed by atoms with van der Waals surface area (Å²) in [6.07, 6.45) is 3.06. The first-order valence-electron chi connectivity index (χ1n) is 6.86. The molecule has 1 atom stereocenters. The number of aromatic nitrogens is 2. The number of nitrogens with one attached hydrogen (secondary N) is 2. The molecule has 2 heterocycles. The van der Waals surface area contributed by atoms with Crippen molar-refractivity contribution >= 4 is 0 Å². The summed E-state index contributed by atoms with van der Waals surface area (Å²) in [5, 5.41) is 3.37. The maximum absolute atomic E-state index is 5.67. The van der Waals surface area contributed by atoms with E-state index in [1.165, 1.54) is 0 Å². The van der Waals surface area contributed by atoms with Crippen LogP contribution in [-0.4, -0.2) is 29.7 Å². The first-order valence-corrected chi connectivity index (χ1v) is 6.86. The van der Waals surface area contributed by atoms with Crippen molar-refractivity contribution in [2.75, 3.05) is 19.7 Å². The van der Waals surface area contributed by atoms with Crippen LogP contribution in [0, 0.1) is 0 Å². The number of hydrogen-bond acceptors (Lipinski definition) is 3. The monoisotopic (exact) mass is 257 g/mol. The lowest BCUT2D eigenvalue weighted by atomic mass is 10.1. The predicted molar refractivity (Wildman–Crippen MR) is 75.4 cm³/mol. The molecule has 19 heavy (non-hydrogen) atoms. The summed E-state index contributed by atoms with van der Waals surface area (Å²) in [6.45, 7) is 4.76. The zero-order valence-electron chi connectivity index (χ0n) is 11.1. The second kappa shape index (κ2) is 5.45. The highest BCUT2D eigenvalue weighted by Gasteiger charge is 2.20. The fourth-order valence-corrected chi connectivity index (χ4v) is 2.54. The van der Waals surface area contributed by atoms with Gasteiger partial charge in [0.2, 0.25) is 0 Å². The van der Waals surface area contributed by atoms with E-state index in [-0.39, 0.29) is 0 Å². The number of imidazole rings is 1. The van der Waals surface area contributed by atoms with Crippen LogP contribution in [-0.2, 0) is 0 Å². The highest BCUT2D eigenvalue weighted by Crippen LogP contribution is 2.30. The maximum Gasteiger partial charge on any atom is 0.128 e. The summed E-state index contributed by atoms with van der Waals surface area (Å²) in [7, 11) is 0. The first-order chi connectivity index (χ1) is 9.38. The van der Waals surface area contributed by atoms with E-state index in [1.807, 2.05) is 31.3 Å². The zero-order chi connectivity index (χ0) is 13.1. The van der Waals surface area contributed by atoms with Gasteiger partial charge in [0.1, 0.15) is 11.6 Å². The molecule has 0 radical (unpaired) electrons. The molecule has 1 unspecified atom stereocenters. The molecule has 2 N–H and O–H groups in total. The molecule has 1 fully saturated rings.